The average molecular weight is 230 g/mol. The third-order valence-electron chi connectivity index (χ3n) is 0.737. The van der Waals surface area contributed by atoms with Crippen molar-refractivity contribution in [1.82, 2.24) is 0 Å². The standard InChI is InChI=1S/C4H6O4S2.2Na.2H/c5-3(7-9)1-2-4(6)8-10;;;;/h9-10H,1-2H2;;;;. The summed E-state index contributed by atoms with van der Waals surface area (Å²) >= 11 is 6.45. The summed E-state index contributed by atoms with van der Waals surface area (Å²) in [4.78, 5) is 20.6. The molecule has 0 aliphatic rings. The first-order valence-electron chi connectivity index (χ1n) is 2.39. The number of rotatable bonds is 3. The molecule has 0 radical (unpaired) electrons. The molecular weight excluding hydrogens is 222 g/mol. The Bertz CT molecular complexity index is 127. The Morgan fingerprint density at radius 2 is 1.17 bits per heavy atom. The van der Waals surface area contributed by atoms with Gasteiger partial charge in [-0.15, -0.1) is 0 Å². The summed E-state index contributed by atoms with van der Waals surface area (Å²) < 4.78 is 7.94. The van der Waals surface area contributed by atoms with Gasteiger partial charge in [-0.05, 0) is 0 Å². The van der Waals surface area contributed by atoms with E-state index in [0.717, 1.165) is 0 Å². The van der Waals surface area contributed by atoms with Crippen LogP contribution in [0.1, 0.15) is 12.8 Å². The molecule has 0 rings (SSSR count). The first-order valence-corrected chi connectivity index (χ1v) is 3.12. The van der Waals surface area contributed by atoms with Crippen LogP contribution < -0.4 is 0 Å². The minimum absolute atomic E-state index is 0. The van der Waals surface area contributed by atoms with Crippen LogP contribution in [-0.4, -0.2) is 71.1 Å². The monoisotopic (exact) mass is 230 g/mol. The van der Waals surface area contributed by atoms with Crippen molar-refractivity contribution in [3.8, 4) is 0 Å². The molecule has 0 heterocycles. The topological polar surface area (TPSA) is 52.6 Å². The zero-order valence-corrected chi connectivity index (χ0v) is 6.73. The molecule has 0 spiro atoms. The number of carbonyl (C=O) groups is 2. The molecule has 0 aromatic carbocycles. The Labute approximate surface area is 126 Å². The molecule has 0 aliphatic heterocycles. The Morgan fingerprint density at radius 1 is 0.917 bits per heavy atom. The first kappa shape index (κ1) is 19.2. The SMILES string of the molecule is O=C(CCC(=O)OS)OS.[NaH].[NaH]. The van der Waals surface area contributed by atoms with Crippen molar-refractivity contribution in [2.45, 2.75) is 12.8 Å². The van der Waals surface area contributed by atoms with E-state index in [1.165, 1.54) is 0 Å². The normalized spacial score (nSPS) is 7.17. The fourth-order valence-corrected chi connectivity index (χ4v) is 0.478. The third-order valence-corrected chi connectivity index (χ3v) is 1.14. The van der Waals surface area contributed by atoms with E-state index in [4.69, 9.17) is 0 Å². The molecule has 0 saturated heterocycles. The number of hydrogen-bond donors (Lipinski definition) is 2. The average Bonchev–Trinajstić information content (AvgIpc) is 1.99. The van der Waals surface area contributed by atoms with E-state index >= 15 is 0 Å². The molecule has 0 atom stereocenters. The fourth-order valence-electron chi connectivity index (χ4n) is 0.295. The van der Waals surface area contributed by atoms with Crippen molar-refractivity contribution in [2.75, 3.05) is 0 Å². The molecule has 8 heteroatoms. The van der Waals surface area contributed by atoms with Crippen molar-refractivity contribution in [3.05, 3.63) is 0 Å². The molecule has 12 heavy (non-hydrogen) atoms. The molecule has 0 unspecified atom stereocenters. The van der Waals surface area contributed by atoms with E-state index in [9.17, 15) is 9.59 Å². The zero-order valence-electron chi connectivity index (χ0n) is 4.94. The van der Waals surface area contributed by atoms with E-state index < -0.39 is 11.9 Å². The van der Waals surface area contributed by atoms with Gasteiger partial charge in [0.15, 0.2) is 0 Å². The summed E-state index contributed by atoms with van der Waals surface area (Å²) in [6.45, 7) is 0. The second-order valence-corrected chi connectivity index (χ2v) is 1.79. The zero-order chi connectivity index (χ0) is 7.98. The van der Waals surface area contributed by atoms with E-state index in [1.807, 2.05) is 0 Å². The quantitative estimate of drug-likeness (QED) is 0.380. The van der Waals surface area contributed by atoms with Crippen molar-refractivity contribution < 1.29 is 18.0 Å². The van der Waals surface area contributed by atoms with Crippen LogP contribution in [0.3, 0.4) is 0 Å². The number of carbonyl (C=O) groups excluding carboxylic acids is 2. The molecule has 0 amide bonds. The molecule has 0 aromatic heterocycles. The molecule has 0 N–H and O–H groups in total. The predicted octanol–water partition coefficient (Wildman–Crippen LogP) is -0.754. The van der Waals surface area contributed by atoms with Crippen LogP contribution in [0.25, 0.3) is 0 Å². The van der Waals surface area contributed by atoms with Gasteiger partial charge < -0.3 is 8.37 Å². The molecule has 4 nitrogen and oxygen atoms in total. The van der Waals surface area contributed by atoms with Gasteiger partial charge in [0, 0.05) is 25.8 Å². The van der Waals surface area contributed by atoms with Gasteiger partial charge in [-0.2, -0.15) is 0 Å². The second kappa shape index (κ2) is 12.6. The van der Waals surface area contributed by atoms with Crippen LogP contribution in [-0.2, 0) is 18.0 Å². The summed E-state index contributed by atoms with van der Waals surface area (Å²) in [5.41, 5.74) is 0. The Balaban J connectivity index is -0.000000405. The van der Waals surface area contributed by atoms with E-state index in [2.05, 4.69) is 34.2 Å². The van der Waals surface area contributed by atoms with Gasteiger partial charge in [0.1, 0.15) is 0 Å². The second-order valence-electron chi connectivity index (χ2n) is 1.43. The van der Waals surface area contributed by atoms with Gasteiger partial charge in [0.25, 0.3) is 0 Å². The van der Waals surface area contributed by atoms with E-state index in [1.54, 1.807) is 0 Å². The van der Waals surface area contributed by atoms with E-state index in [0.29, 0.717) is 0 Å². The summed E-state index contributed by atoms with van der Waals surface area (Å²) in [5, 5.41) is 0. The molecular formula is C4H8Na2O4S2. The van der Waals surface area contributed by atoms with Crippen molar-refractivity contribution in [3.63, 3.8) is 0 Å². The van der Waals surface area contributed by atoms with Gasteiger partial charge in [0.2, 0.25) is 0 Å². The van der Waals surface area contributed by atoms with Gasteiger partial charge in [-0.3, -0.25) is 9.59 Å². The van der Waals surface area contributed by atoms with Gasteiger partial charge in [-0.25, -0.2) is 0 Å². The predicted molar refractivity (Wildman–Crippen MR) is 53.7 cm³/mol. The molecule has 0 bridgehead atoms. The van der Waals surface area contributed by atoms with Crippen molar-refractivity contribution in [1.29, 1.82) is 0 Å². The van der Waals surface area contributed by atoms with Crippen LogP contribution in [0.4, 0.5) is 0 Å². The van der Waals surface area contributed by atoms with Gasteiger partial charge >= 0.3 is 71.1 Å². The van der Waals surface area contributed by atoms with Crippen LogP contribution >= 0.6 is 25.8 Å². The molecule has 0 aromatic rings. The van der Waals surface area contributed by atoms with Crippen LogP contribution in [0.5, 0.6) is 0 Å². The number of thiol groups is 2. The Hall–Kier alpha value is 1.64. The molecule has 0 saturated carbocycles. The summed E-state index contributed by atoms with van der Waals surface area (Å²) in [7, 11) is 0. The Kier molecular flexibility index (Phi) is 20.3. The molecule has 0 fully saturated rings. The van der Waals surface area contributed by atoms with Crippen LogP contribution in [0, 0.1) is 0 Å². The van der Waals surface area contributed by atoms with Gasteiger partial charge in [-0.1, -0.05) is 0 Å². The molecule has 0 aliphatic carbocycles. The maximum absolute atomic E-state index is 10.3. The summed E-state index contributed by atoms with van der Waals surface area (Å²) in [5.74, 6) is -1.14. The first-order chi connectivity index (χ1) is 4.70. The van der Waals surface area contributed by atoms with E-state index in [-0.39, 0.29) is 72.0 Å². The minimum atomic E-state index is -0.568. The van der Waals surface area contributed by atoms with Crippen molar-refractivity contribution in [2.24, 2.45) is 0 Å². The summed E-state index contributed by atoms with van der Waals surface area (Å²) in [6, 6.07) is 0. The Morgan fingerprint density at radius 3 is 1.33 bits per heavy atom. The fraction of sp³-hybridized carbons (Fsp3) is 0.500. The van der Waals surface area contributed by atoms with Crippen molar-refractivity contribution >= 4 is 96.9 Å². The number of hydrogen-bond acceptors (Lipinski definition) is 6. The summed E-state index contributed by atoms with van der Waals surface area (Å²) in [6.07, 6.45) is -0.0776. The van der Waals surface area contributed by atoms with Gasteiger partial charge in [0.05, 0.1) is 12.8 Å². The molecule has 62 valence electrons. The van der Waals surface area contributed by atoms with Crippen LogP contribution in [0.15, 0.2) is 0 Å². The third kappa shape index (κ3) is 11.6. The maximum atomic E-state index is 10.3. The van der Waals surface area contributed by atoms with Crippen LogP contribution in [0.2, 0.25) is 0 Å².